The Morgan fingerprint density at radius 2 is 1.95 bits per heavy atom. The molecule has 6 nitrogen and oxygen atoms in total. The average molecular weight is 278 g/mol. The van der Waals surface area contributed by atoms with Crippen LogP contribution in [0.3, 0.4) is 0 Å². The molecule has 0 aliphatic carbocycles. The number of anilines is 1. The number of carbonyl (C=O) groups is 2. The lowest BCUT2D eigenvalue weighted by Crippen LogP contribution is -2.39. The van der Waals surface area contributed by atoms with Crippen molar-refractivity contribution in [3.05, 3.63) is 23.9 Å². The third-order valence-corrected chi connectivity index (χ3v) is 3.00. The van der Waals surface area contributed by atoms with Crippen LogP contribution in [0.4, 0.5) is 5.82 Å². The van der Waals surface area contributed by atoms with Crippen LogP contribution in [0.5, 0.6) is 0 Å². The second-order valence-corrected chi connectivity index (χ2v) is 4.85. The van der Waals surface area contributed by atoms with Crippen LogP contribution < -0.4 is 5.32 Å². The van der Waals surface area contributed by atoms with Gasteiger partial charge in [0.25, 0.3) is 5.91 Å². The van der Waals surface area contributed by atoms with Gasteiger partial charge in [0, 0.05) is 33.9 Å². The van der Waals surface area contributed by atoms with Crippen LogP contribution in [0.1, 0.15) is 24.2 Å². The molecule has 1 heterocycles. The first-order valence-electron chi connectivity index (χ1n) is 6.56. The fourth-order valence-electron chi connectivity index (χ4n) is 1.63. The lowest BCUT2D eigenvalue weighted by molar-refractivity contribution is -0.130. The van der Waals surface area contributed by atoms with Gasteiger partial charge in [0.15, 0.2) is 0 Å². The standard InChI is InChI=1S/C14H22N4O2/c1-6-18(5)13(19)10(2)16-12-8-7-11(9-15-12)14(20)17(3)4/h7-10H,6H2,1-5H3,(H,15,16). The number of nitrogens with one attached hydrogen (secondary N) is 1. The molecular formula is C14H22N4O2. The summed E-state index contributed by atoms with van der Waals surface area (Å²) in [6.45, 7) is 4.37. The minimum atomic E-state index is -0.358. The van der Waals surface area contributed by atoms with Crippen molar-refractivity contribution >= 4 is 17.6 Å². The van der Waals surface area contributed by atoms with E-state index in [-0.39, 0.29) is 17.9 Å². The lowest BCUT2D eigenvalue weighted by atomic mass is 10.2. The third-order valence-electron chi connectivity index (χ3n) is 3.00. The molecule has 20 heavy (non-hydrogen) atoms. The molecule has 2 amide bonds. The first kappa shape index (κ1) is 15.9. The van der Waals surface area contributed by atoms with Gasteiger partial charge in [0.2, 0.25) is 5.91 Å². The van der Waals surface area contributed by atoms with E-state index < -0.39 is 0 Å². The molecule has 0 aromatic carbocycles. The number of pyridine rings is 1. The second kappa shape index (κ2) is 6.88. The summed E-state index contributed by atoms with van der Waals surface area (Å²) in [5.41, 5.74) is 0.519. The van der Waals surface area contributed by atoms with Crippen molar-refractivity contribution in [2.75, 3.05) is 33.0 Å². The highest BCUT2D eigenvalue weighted by Crippen LogP contribution is 2.09. The Balaban J connectivity index is 2.71. The maximum Gasteiger partial charge on any atom is 0.254 e. The normalized spacial score (nSPS) is 11.7. The van der Waals surface area contributed by atoms with Crippen molar-refractivity contribution in [3.8, 4) is 0 Å². The van der Waals surface area contributed by atoms with Crippen LogP contribution in [-0.4, -0.2) is 60.3 Å². The lowest BCUT2D eigenvalue weighted by Gasteiger charge is -2.21. The molecule has 0 aliphatic heterocycles. The van der Waals surface area contributed by atoms with Crippen molar-refractivity contribution in [3.63, 3.8) is 0 Å². The van der Waals surface area contributed by atoms with Crippen LogP contribution in [0.25, 0.3) is 0 Å². The molecule has 0 spiro atoms. The van der Waals surface area contributed by atoms with Crippen LogP contribution >= 0.6 is 0 Å². The molecule has 1 aromatic rings. The van der Waals surface area contributed by atoms with E-state index in [1.165, 1.54) is 11.1 Å². The molecule has 0 saturated carbocycles. The Hall–Kier alpha value is -2.11. The van der Waals surface area contributed by atoms with Gasteiger partial charge in [-0.25, -0.2) is 4.98 Å². The van der Waals surface area contributed by atoms with E-state index in [9.17, 15) is 9.59 Å². The van der Waals surface area contributed by atoms with Crippen LogP contribution in [-0.2, 0) is 4.79 Å². The van der Waals surface area contributed by atoms with Gasteiger partial charge in [-0.3, -0.25) is 9.59 Å². The van der Waals surface area contributed by atoms with Gasteiger partial charge >= 0.3 is 0 Å². The summed E-state index contributed by atoms with van der Waals surface area (Å²) in [4.78, 5) is 30.9. The molecule has 6 heteroatoms. The van der Waals surface area contributed by atoms with E-state index in [1.54, 1.807) is 45.1 Å². The van der Waals surface area contributed by atoms with E-state index in [0.29, 0.717) is 17.9 Å². The van der Waals surface area contributed by atoms with Gasteiger partial charge in [-0.15, -0.1) is 0 Å². The zero-order chi connectivity index (χ0) is 15.3. The number of aromatic nitrogens is 1. The Bertz CT molecular complexity index is 471. The van der Waals surface area contributed by atoms with E-state index >= 15 is 0 Å². The highest BCUT2D eigenvalue weighted by atomic mass is 16.2. The molecule has 0 saturated heterocycles. The van der Waals surface area contributed by atoms with Crippen molar-refractivity contribution in [2.45, 2.75) is 19.9 Å². The molecule has 1 atom stereocenters. The molecule has 0 bridgehead atoms. The third kappa shape index (κ3) is 3.94. The fourth-order valence-corrected chi connectivity index (χ4v) is 1.63. The number of carbonyl (C=O) groups excluding carboxylic acids is 2. The maximum absolute atomic E-state index is 11.9. The molecule has 1 rings (SSSR count). The van der Waals surface area contributed by atoms with Gasteiger partial charge in [-0.1, -0.05) is 0 Å². The van der Waals surface area contributed by atoms with Gasteiger partial charge in [0.1, 0.15) is 11.9 Å². The number of nitrogens with zero attached hydrogens (tertiary/aromatic N) is 3. The monoisotopic (exact) mass is 278 g/mol. The van der Waals surface area contributed by atoms with Crippen molar-refractivity contribution in [1.82, 2.24) is 14.8 Å². The summed E-state index contributed by atoms with van der Waals surface area (Å²) >= 11 is 0. The minimum absolute atomic E-state index is 0.00254. The Labute approximate surface area is 119 Å². The first-order valence-corrected chi connectivity index (χ1v) is 6.56. The molecule has 1 unspecified atom stereocenters. The zero-order valence-electron chi connectivity index (χ0n) is 12.7. The fraction of sp³-hybridized carbons (Fsp3) is 0.500. The molecule has 0 aliphatic rings. The van der Waals surface area contributed by atoms with Gasteiger partial charge in [-0.05, 0) is 26.0 Å². The van der Waals surface area contributed by atoms with Gasteiger partial charge < -0.3 is 15.1 Å². The number of amides is 2. The van der Waals surface area contributed by atoms with Crippen LogP contribution in [0, 0.1) is 0 Å². The van der Waals surface area contributed by atoms with E-state index in [2.05, 4.69) is 10.3 Å². The Morgan fingerprint density at radius 3 is 2.40 bits per heavy atom. The predicted molar refractivity (Wildman–Crippen MR) is 78.7 cm³/mol. The summed E-state index contributed by atoms with van der Waals surface area (Å²) < 4.78 is 0. The smallest absolute Gasteiger partial charge is 0.254 e. The topological polar surface area (TPSA) is 65.5 Å². The molecule has 1 N–H and O–H groups in total. The zero-order valence-corrected chi connectivity index (χ0v) is 12.7. The first-order chi connectivity index (χ1) is 9.36. The highest BCUT2D eigenvalue weighted by Gasteiger charge is 2.16. The molecular weight excluding hydrogens is 256 g/mol. The number of likely N-dealkylation sites (N-methyl/N-ethyl adjacent to an activating group) is 1. The minimum Gasteiger partial charge on any atom is -0.359 e. The molecule has 1 aromatic heterocycles. The Kier molecular flexibility index (Phi) is 5.49. The second-order valence-electron chi connectivity index (χ2n) is 4.85. The quantitative estimate of drug-likeness (QED) is 0.874. The van der Waals surface area contributed by atoms with E-state index in [1.807, 2.05) is 6.92 Å². The average Bonchev–Trinajstić information content (AvgIpc) is 2.45. The van der Waals surface area contributed by atoms with Crippen LogP contribution in [0.2, 0.25) is 0 Å². The Morgan fingerprint density at radius 1 is 1.30 bits per heavy atom. The number of hydrogen-bond acceptors (Lipinski definition) is 4. The maximum atomic E-state index is 11.9. The van der Waals surface area contributed by atoms with Crippen molar-refractivity contribution < 1.29 is 9.59 Å². The van der Waals surface area contributed by atoms with Crippen molar-refractivity contribution in [1.29, 1.82) is 0 Å². The van der Waals surface area contributed by atoms with E-state index in [0.717, 1.165) is 0 Å². The summed E-state index contributed by atoms with van der Waals surface area (Å²) in [7, 11) is 5.14. The largest absolute Gasteiger partial charge is 0.359 e. The molecule has 0 fully saturated rings. The highest BCUT2D eigenvalue weighted by molar-refractivity contribution is 5.93. The predicted octanol–water partition coefficient (Wildman–Crippen LogP) is 1.06. The summed E-state index contributed by atoms with van der Waals surface area (Å²) in [6, 6.07) is 3.04. The molecule has 110 valence electrons. The summed E-state index contributed by atoms with van der Waals surface area (Å²) in [5.74, 6) is 0.479. The van der Waals surface area contributed by atoms with Crippen LogP contribution in [0.15, 0.2) is 18.3 Å². The molecule has 0 radical (unpaired) electrons. The summed E-state index contributed by atoms with van der Waals surface area (Å²) in [6.07, 6.45) is 1.51. The number of hydrogen-bond donors (Lipinski definition) is 1. The SMILES string of the molecule is CCN(C)C(=O)C(C)Nc1ccc(C(=O)N(C)C)cn1. The summed E-state index contributed by atoms with van der Waals surface area (Å²) in [5, 5.41) is 3.03. The van der Waals surface area contributed by atoms with Gasteiger partial charge in [-0.2, -0.15) is 0 Å². The van der Waals surface area contributed by atoms with Crippen molar-refractivity contribution in [2.24, 2.45) is 0 Å². The van der Waals surface area contributed by atoms with Gasteiger partial charge in [0.05, 0.1) is 5.56 Å². The van der Waals surface area contributed by atoms with E-state index in [4.69, 9.17) is 0 Å². The number of rotatable bonds is 5.